The molecule has 0 saturated carbocycles. The van der Waals surface area contributed by atoms with Crippen LogP contribution in [0.3, 0.4) is 0 Å². The SMILES string of the molecule is Cc1ncc(CP(=O)([O-])[O-])c(C=NC(C)(C)C)c1O. The van der Waals surface area contributed by atoms with Crippen molar-refractivity contribution >= 4 is 13.8 Å². The largest absolute Gasteiger partial charge is 0.810 e. The summed E-state index contributed by atoms with van der Waals surface area (Å²) in [5, 5.41) is 9.92. The predicted octanol–water partition coefficient (Wildman–Crippen LogP) is 0.727. The van der Waals surface area contributed by atoms with Gasteiger partial charge in [-0.2, -0.15) is 0 Å². The normalized spacial score (nSPS) is 13.2. The zero-order chi connectivity index (χ0) is 14.8. The van der Waals surface area contributed by atoms with Crippen LogP contribution in [0.4, 0.5) is 0 Å². The van der Waals surface area contributed by atoms with Gasteiger partial charge >= 0.3 is 0 Å². The molecule has 0 unspecified atom stereocenters. The highest BCUT2D eigenvalue weighted by atomic mass is 31.2. The minimum atomic E-state index is -4.73. The predicted molar refractivity (Wildman–Crippen MR) is 69.3 cm³/mol. The Bertz CT molecular complexity index is 543. The van der Waals surface area contributed by atoms with Gasteiger partial charge in [0, 0.05) is 24.1 Å². The van der Waals surface area contributed by atoms with Gasteiger partial charge in [0.25, 0.3) is 0 Å². The van der Waals surface area contributed by atoms with Gasteiger partial charge in [0.05, 0.1) is 11.2 Å². The van der Waals surface area contributed by atoms with E-state index in [1.165, 1.54) is 12.4 Å². The topological polar surface area (TPSA) is 109 Å². The molecule has 1 aromatic rings. The van der Waals surface area contributed by atoms with Crippen molar-refractivity contribution in [1.29, 1.82) is 0 Å². The van der Waals surface area contributed by atoms with Gasteiger partial charge in [-0.3, -0.25) is 9.98 Å². The summed E-state index contributed by atoms with van der Waals surface area (Å²) in [6.07, 6.45) is 1.97. The second-order valence-corrected chi connectivity index (χ2v) is 6.87. The van der Waals surface area contributed by atoms with Crippen molar-refractivity contribution in [2.75, 3.05) is 0 Å². The van der Waals surface area contributed by atoms with Crippen LogP contribution in [0.5, 0.6) is 5.75 Å². The number of nitrogens with zero attached hydrogens (tertiary/aromatic N) is 2. The molecule has 0 amide bonds. The third-order valence-electron chi connectivity index (χ3n) is 2.30. The van der Waals surface area contributed by atoms with Gasteiger partial charge < -0.3 is 19.5 Å². The van der Waals surface area contributed by atoms with Crippen molar-refractivity contribution in [3.8, 4) is 5.75 Å². The molecule has 0 atom stereocenters. The summed E-state index contributed by atoms with van der Waals surface area (Å²) in [6.45, 7) is 7.17. The minimum Gasteiger partial charge on any atom is -0.810 e. The van der Waals surface area contributed by atoms with Crippen LogP contribution in [-0.2, 0) is 10.7 Å². The summed E-state index contributed by atoms with van der Waals surface area (Å²) >= 11 is 0. The molecule has 0 spiro atoms. The fourth-order valence-electron chi connectivity index (χ4n) is 1.39. The zero-order valence-corrected chi connectivity index (χ0v) is 12.3. The zero-order valence-electron chi connectivity index (χ0n) is 11.4. The molecule has 19 heavy (non-hydrogen) atoms. The van der Waals surface area contributed by atoms with E-state index in [1.807, 2.05) is 20.8 Å². The van der Waals surface area contributed by atoms with Crippen molar-refractivity contribution in [3.05, 3.63) is 23.0 Å². The average molecular weight is 284 g/mol. The van der Waals surface area contributed by atoms with E-state index < -0.39 is 13.8 Å². The van der Waals surface area contributed by atoms with Crippen molar-refractivity contribution in [3.63, 3.8) is 0 Å². The molecule has 0 fully saturated rings. The van der Waals surface area contributed by atoms with E-state index in [-0.39, 0.29) is 22.4 Å². The van der Waals surface area contributed by atoms with Crippen LogP contribution in [0.25, 0.3) is 0 Å². The van der Waals surface area contributed by atoms with E-state index in [1.54, 1.807) is 6.92 Å². The van der Waals surface area contributed by atoms with Crippen LogP contribution in [0, 0.1) is 6.92 Å². The highest BCUT2D eigenvalue weighted by molar-refractivity contribution is 7.47. The molecule has 0 bridgehead atoms. The first-order valence-electron chi connectivity index (χ1n) is 5.73. The number of aliphatic imine (C=N–C) groups is 1. The molecule has 0 aliphatic rings. The lowest BCUT2D eigenvalue weighted by atomic mass is 10.1. The van der Waals surface area contributed by atoms with Crippen LogP contribution < -0.4 is 9.79 Å². The summed E-state index contributed by atoms with van der Waals surface area (Å²) < 4.78 is 10.9. The van der Waals surface area contributed by atoms with Crippen molar-refractivity contribution in [2.24, 2.45) is 4.99 Å². The number of pyridine rings is 1. The Morgan fingerprint density at radius 2 is 2.05 bits per heavy atom. The molecule has 1 aromatic heterocycles. The highest BCUT2D eigenvalue weighted by Crippen LogP contribution is 2.33. The monoisotopic (exact) mass is 284 g/mol. The second-order valence-electron chi connectivity index (χ2n) is 5.33. The van der Waals surface area contributed by atoms with Crippen molar-refractivity contribution in [2.45, 2.75) is 39.4 Å². The van der Waals surface area contributed by atoms with Gasteiger partial charge in [-0.1, -0.05) is 7.60 Å². The first-order chi connectivity index (χ1) is 8.49. The summed E-state index contributed by atoms with van der Waals surface area (Å²) in [6, 6.07) is 0. The smallest absolute Gasteiger partial charge is 0.145 e. The van der Waals surface area contributed by atoms with Crippen molar-refractivity contribution < 1.29 is 19.5 Å². The van der Waals surface area contributed by atoms with E-state index in [0.29, 0.717) is 5.69 Å². The third-order valence-corrected chi connectivity index (χ3v) is 3.03. The Kier molecular flexibility index (Phi) is 4.50. The maximum Gasteiger partial charge on any atom is 0.145 e. The van der Waals surface area contributed by atoms with E-state index >= 15 is 0 Å². The molecule has 1 N–H and O–H groups in total. The Balaban J connectivity index is 3.29. The molecule has 0 aliphatic carbocycles. The quantitative estimate of drug-likeness (QED) is 0.650. The van der Waals surface area contributed by atoms with Crippen LogP contribution in [0.15, 0.2) is 11.2 Å². The Labute approximate surface area is 112 Å². The molecule has 0 radical (unpaired) electrons. The lowest BCUT2D eigenvalue weighted by Crippen LogP contribution is -2.17. The summed E-state index contributed by atoms with van der Waals surface area (Å²) in [7, 11) is -4.73. The highest BCUT2D eigenvalue weighted by Gasteiger charge is 2.13. The van der Waals surface area contributed by atoms with E-state index in [2.05, 4.69) is 9.98 Å². The van der Waals surface area contributed by atoms with Crippen LogP contribution >= 0.6 is 7.60 Å². The molecule has 1 rings (SSSR count). The lowest BCUT2D eigenvalue weighted by molar-refractivity contribution is -0.314. The Morgan fingerprint density at radius 3 is 2.53 bits per heavy atom. The number of hydrogen-bond acceptors (Lipinski definition) is 6. The van der Waals surface area contributed by atoms with Gasteiger partial charge in [-0.05, 0) is 33.3 Å². The van der Waals surface area contributed by atoms with E-state index in [0.717, 1.165) is 0 Å². The van der Waals surface area contributed by atoms with E-state index in [4.69, 9.17) is 0 Å². The minimum absolute atomic E-state index is 0.154. The average Bonchev–Trinajstić information content (AvgIpc) is 2.19. The maximum absolute atomic E-state index is 10.9. The van der Waals surface area contributed by atoms with Crippen LogP contribution in [0.2, 0.25) is 0 Å². The van der Waals surface area contributed by atoms with Gasteiger partial charge in [0.1, 0.15) is 5.75 Å². The van der Waals surface area contributed by atoms with E-state index in [9.17, 15) is 19.5 Å². The van der Waals surface area contributed by atoms with Gasteiger partial charge in [0.15, 0.2) is 0 Å². The number of rotatable bonds is 3. The molecule has 106 valence electrons. The maximum atomic E-state index is 10.9. The fourth-order valence-corrected chi connectivity index (χ4v) is 2.06. The second kappa shape index (κ2) is 5.41. The molecule has 6 nitrogen and oxygen atoms in total. The molecular weight excluding hydrogens is 267 g/mol. The lowest BCUT2D eigenvalue weighted by Gasteiger charge is -2.30. The molecule has 1 heterocycles. The third kappa shape index (κ3) is 5.11. The standard InChI is InChI=1S/C12H19N2O4P/c1-8-11(15)10(6-14-12(2,3)4)9(5-13-8)7-19(16,17)18/h5-6,15H,7H2,1-4H3,(H2,16,17,18)/p-2. The molecule has 7 heteroatoms. The van der Waals surface area contributed by atoms with Gasteiger partial charge in [-0.15, -0.1) is 0 Å². The molecular formula is C12H17N2O4P-2. The first kappa shape index (κ1) is 15.8. The molecule has 0 saturated heterocycles. The number of hydrogen-bond donors (Lipinski definition) is 1. The van der Waals surface area contributed by atoms with Crippen LogP contribution in [-0.4, -0.2) is 21.8 Å². The first-order valence-corrected chi connectivity index (χ1v) is 7.46. The van der Waals surface area contributed by atoms with Gasteiger partial charge in [-0.25, -0.2) is 0 Å². The van der Waals surface area contributed by atoms with Crippen LogP contribution in [0.1, 0.15) is 37.6 Å². The molecule has 0 aliphatic heterocycles. The number of aromatic nitrogens is 1. The fraction of sp³-hybridized carbons (Fsp3) is 0.500. The molecule has 0 aromatic carbocycles. The summed E-state index contributed by atoms with van der Waals surface area (Å²) in [5.41, 5.74) is 0.365. The number of aryl methyl sites for hydroxylation is 1. The van der Waals surface area contributed by atoms with Gasteiger partial charge in [0.2, 0.25) is 0 Å². The summed E-state index contributed by atoms with van der Waals surface area (Å²) in [4.78, 5) is 29.8. The number of aromatic hydroxyl groups is 1. The van der Waals surface area contributed by atoms with Crippen molar-refractivity contribution in [1.82, 2.24) is 4.98 Å². The Hall–Kier alpha value is -1.23. The summed E-state index contributed by atoms with van der Waals surface area (Å²) in [5.74, 6) is -0.154. The Morgan fingerprint density at radius 1 is 1.47 bits per heavy atom.